The molecule has 1 heterocycles. The van der Waals surface area contributed by atoms with E-state index >= 15 is 0 Å². The minimum absolute atomic E-state index is 0.213. The maximum atomic E-state index is 12.0. The number of fused-ring (bicyclic) bond motifs is 1. The average molecular weight is 242 g/mol. The summed E-state index contributed by atoms with van der Waals surface area (Å²) in [6.07, 6.45) is -4.75. The summed E-state index contributed by atoms with van der Waals surface area (Å²) in [4.78, 5) is 11.6. The second-order valence-electron chi connectivity index (χ2n) is 3.68. The molecule has 0 saturated heterocycles. The highest BCUT2D eigenvalue weighted by atomic mass is 19.4. The fourth-order valence-corrected chi connectivity index (χ4v) is 1.58. The number of benzene rings is 1. The first kappa shape index (κ1) is 11.7. The topological polar surface area (TPSA) is 30.2 Å². The zero-order chi connectivity index (χ0) is 12.5. The van der Waals surface area contributed by atoms with Gasteiger partial charge in [-0.15, -0.1) is 0 Å². The van der Waals surface area contributed by atoms with Gasteiger partial charge in [-0.1, -0.05) is 18.2 Å². The van der Waals surface area contributed by atoms with E-state index in [4.69, 9.17) is 4.42 Å². The molecule has 0 atom stereocenters. The van der Waals surface area contributed by atoms with Crippen molar-refractivity contribution in [2.24, 2.45) is 0 Å². The van der Waals surface area contributed by atoms with E-state index in [2.05, 4.69) is 0 Å². The minimum atomic E-state index is -4.31. The summed E-state index contributed by atoms with van der Waals surface area (Å²) in [5.41, 5.74) is 0.715. The molecule has 90 valence electrons. The van der Waals surface area contributed by atoms with Gasteiger partial charge in [0, 0.05) is 11.8 Å². The Bertz CT molecular complexity index is 540. The highest BCUT2D eigenvalue weighted by Crippen LogP contribution is 2.26. The number of carbonyl (C=O) groups is 1. The molecule has 2 rings (SSSR count). The molecule has 0 aliphatic rings. The van der Waals surface area contributed by atoms with Gasteiger partial charge in [-0.3, -0.25) is 4.79 Å². The lowest BCUT2D eigenvalue weighted by Gasteiger charge is -2.04. The Morgan fingerprint density at radius 2 is 1.94 bits per heavy atom. The van der Waals surface area contributed by atoms with E-state index in [1.165, 1.54) is 6.26 Å². The highest BCUT2D eigenvalue weighted by molar-refractivity contribution is 6.07. The van der Waals surface area contributed by atoms with Crippen LogP contribution in [0.3, 0.4) is 0 Å². The van der Waals surface area contributed by atoms with E-state index in [0.29, 0.717) is 11.0 Å². The van der Waals surface area contributed by atoms with E-state index in [1.54, 1.807) is 24.3 Å². The maximum Gasteiger partial charge on any atom is 0.389 e. The van der Waals surface area contributed by atoms with Crippen LogP contribution in [0.25, 0.3) is 11.0 Å². The number of furan rings is 1. The van der Waals surface area contributed by atoms with Gasteiger partial charge in [-0.2, -0.15) is 13.2 Å². The van der Waals surface area contributed by atoms with Gasteiger partial charge < -0.3 is 4.42 Å². The molecule has 0 aliphatic heterocycles. The summed E-state index contributed by atoms with van der Waals surface area (Å²) >= 11 is 0. The Hall–Kier alpha value is -1.78. The van der Waals surface area contributed by atoms with Crippen molar-refractivity contribution in [1.29, 1.82) is 0 Å². The van der Waals surface area contributed by atoms with Crippen molar-refractivity contribution in [1.82, 2.24) is 0 Å². The first-order chi connectivity index (χ1) is 7.97. The zero-order valence-electron chi connectivity index (χ0n) is 8.75. The Morgan fingerprint density at radius 1 is 1.24 bits per heavy atom. The second-order valence-corrected chi connectivity index (χ2v) is 3.68. The number of carbonyl (C=O) groups excluding carboxylic acids is 1. The van der Waals surface area contributed by atoms with Crippen molar-refractivity contribution in [3.63, 3.8) is 0 Å². The molecule has 17 heavy (non-hydrogen) atoms. The molecule has 0 amide bonds. The first-order valence-electron chi connectivity index (χ1n) is 5.03. The molecule has 0 N–H and O–H groups in total. The van der Waals surface area contributed by atoms with Crippen LogP contribution in [0.5, 0.6) is 0 Å². The Kier molecular flexibility index (Phi) is 2.92. The number of para-hydroxylation sites is 1. The molecule has 0 spiro atoms. The third kappa shape index (κ3) is 2.67. The summed E-state index contributed by atoms with van der Waals surface area (Å²) in [5, 5.41) is 0.555. The molecule has 1 aromatic carbocycles. The summed E-state index contributed by atoms with van der Waals surface area (Å²) in [6.45, 7) is 0. The SMILES string of the molecule is O=C(CCC(F)(F)F)c1coc2ccccc12. The number of halogens is 3. The number of ketones is 1. The predicted molar refractivity (Wildman–Crippen MR) is 55.8 cm³/mol. The van der Waals surface area contributed by atoms with Crippen molar-refractivity contribution in [2.45, 2.75) is 19.0 Å². The maximum absolute atomic E-state index is 12.0. The molecule has 2 nitrogen and oxygen atoms in total. The van der Waals surface area contributed by atoms with Crippen LogP contribution >= 0.6 is 0 Å². The lowest BCUT2D eigenvalue weighted by molar-refractivity contribution is -0.133. The molecule has 0 saturated carbocycles. The van der Waals surface area contributed by atoms with Crippen molar-refractivity contribution >= 4 is 16.8 Å². The lowest BCUT2D eigenvalue weighted by atomic mass is 10.1. The van der Waals surface area contributed by atoms with Gasteiger partial charge in [0.05, 0.1) is 12.0 Å². The molecule has 0 unspecified atom stereocenters. The fourth-order valence-electron chi connectivity index (χ4n) is 1.58. The van der Waals surface area contributed by atoms with Crippen molar-refractivity contribution < 1.29 is 22.4 Å². The number of alkyl halides is 3. The molecule has 0 bridgehead atoms. The zero-order valence-corrected chi connectivity index (χ0v) is 8.75. The standard InChI is InChI=1S/C12H9F3O2/c13-12(14,15)6-5-10(16)9-7-17-11-4-2-1-3-8(9)11/h1-4,7H,5-6H2. The van der Waals surface area contributed by atoms with Gasteiger partial charge in [-0.25, -0.2) is 0 Å². The number of hydrogen-bond donors (Lipinski definition) is 0. The summed E-state index contributed by atoms with van der Waals surface area (Å²) in [5.74, 6) is -0.549. The molecule has 5 heteroatoms. The van der Waals surface area contributed by atoms with Gasteiger partial charge in [0.25, 0.3) is 0 Å². The van der Waals surface area contributed by atoms with Gasteiger partial charge in [0.1, 0.15) is 11.8 Å². The van der Waals surface area contributed by atoms with Crippen molar-refractivity contribution in [3.05, 3.63) is 36.1 Å². The van der Waals surface area contributed by atoms with Crippen LogP contribution in [-0.4, -0.2) is 12.0 Å². The van der Waals surface area contributed by atoms with Crippen molar-refractivity contribution in [2.75, 3.05) is 0 Å². The average Bonchev–Trinajstić information content (AvgIpc) is 2.68. The number of rotatable bonds is 3. The van der Waals surface area contributed by atoms with Crippen LogP contribution in [0.4, 0.5) is 13.2 Å². The smallest absolute Gasteiger partial charge is 0.389 e. The molecular weight excluding hydrogens is 233 g/mol. The largest absolute Gasteiger partial charge is 0.464 e. The normalized spacial score (nSPS) is 11.9. The summed E-state index contributed by atoms with van der Waals surface area (Å²) in [6, 6.07) is 6.75. The van der Waals surface area contributed by atoms with E-state index in [-0.39, 0.29) is 5.56 Å². The van der Waals surface area contributed by atoms with Crippen LogP contribution in [0.2, 0.25) is 0 Å². The van der Waals surface area contributed by atoms with Gasteiger partial charge in [0.15, 0.2) is 5.78 Å². The van der Waals surface area contributed by atoms with Gasteiger partial charge in [-0.05, 0) is 6.07 Å². The van der Waals surface area contributed by atoms with Crippen LogP contribution in [0.15, 0.2) is 34.9 Å². The van der Waals surface area contributed by atoms with Crippen LogP contribution in [0.1, 0.15) is 23.2 Å². The van der Waals surface area contributed by atoms with E-state index in [9.17, 15) is 18.0 Å². The highest BCUT2D eigenvalue weighted by Gasteiger charge is 2.28. The molecular formula is C12H9F3O2. The van der Waals surface area contributed by atoms with Crippen molar-refractivity contribution in [3.8, 4) is 0 Å². The molecule has 0 aliphatic carbocycles. The van der Waals surface area contributed by atoms with Crippen LogP contribution < -0.4 is 0 Å². The number of Topliss-reactive ketones (excluding diaryl/α,β-unsaturated/α-hetero) is 1. The third-order valence-corrected chi connectivity index (χ3v) is 2.42. The van der Waals surface area contributed by atoms with Gasteiger partial charge >= 0.3 is 6.18 Å². The van der Waals surface area contributed by atoms with Crippen LogP contribution in [-0.2, 0) is 0 Å². The molecule has 0 fully saturated rings. The van der Waals surface area contributed by atoms with E-state index < -0.39 is 24.8 Å². The second kappa shape index (κ2) is 4.24. The quantitative estimate of drug-likeness (QED) is 0.762. The number of hydrogen-bond acceptors (Lipinski definition) is 2. The monoisotopic (exact) mass is 242 g/mol. The third-order valence-electron chi connectivity index (χ3n) is 2.42. The lowest BCUT2D eigenvalue weighted by Crippen LogP contribution is -2.10. The van der Waals surface area contributed by atoms with E-state index in [1.807, 2.05) is 0 Å². The Balaban J connectivity index is 2.20. The molecule has 0 radical (unpaired) electrons. The minimum Gasteiger partial charge on any atom is -0.464 e. The van der Waals surface area contributed by atoms with E-state index in [0.717, 1.165) is 0 Å². The predicted octanol–water partition coefficient (Wildman–Crippen LogP) is 3.96. The summed E-state index contributed by atoms with van der Waals surface area (Å²) in [7, 11) is 0. The van der Waals surface area contributed by atoms with Crippen LogP contribution in [0, 0.1) is 0 Å². The first-order valence-corrected chi connectivity index (χ1v) is 5.03. The Morgan fingerprint density at radius 3 is 2.65 bits per heavy atom. The molecule has 2 aromatic rings. The van der Waals surface area contributed by atoms with Gasteiger partial charge in [0.2, 0.25) is 0 Å². The fraction of sp³-hybridized carbons (Fsp3) is 0.250. The Labute approximate surface area is 95.0 Å². The summed E-state index contributed by atoms with van der Waals surface area (Å²) < 4.78 is 41.1. The molecule has 1 aromatic heterocycles.